The Balaban J connectivity index is 1.97. The maximum absolute atomic E-state index is 9.01. The highest BCUT2D eigenvalue weighted by molar-refractivity contribution is 7.97. The molecule has 0 heterocycles. The van der Waals surface area contributed by atoms with Gasteiger partial charge in [-0.3, -0.25) is 0 Å². The largest absolute Gasteiger partial charge is 0.496 e. The molecule has 0 saturated heterocycles. The predicted molar refractivity (Wildman–Crippen MR) is 85.1 cm³/mol. The molecule has 4 heteroatoms. The highest BCUT2D eigenvalue weighted by Crippen LogP contribution is 2.26. The van der Waals surface area contributed by atoms with Gasteiger partial charge < -0.3 is 9.84 Å². The smallest absolute Gasteiger partial charge is 0.122 e. The maximum Gasteiger partial charge on any atom is 0.122 e. The molecule has 0 fully saturated rings. The number of methoxy groups -OCH3 is 1. The number of aliphatic hydroxyl groups excluding tert-OH is 1. The Hall–Kier alpha value is -1.96. The Bertz CT molecular complexity index is 632. The van der Waals surface area contributed by atoms with Crippen LogP contribution in [0, 0.1) is 11.3 Å². The van der Waals surface area contributed by atoms with Crippen molar-refractivity contribution in [3.8, 4) is 11.8 Å². The molecule has 0 amide bonds. The van der Waals surface area contributed by atoms with Crippen molar-refractivity contribution in [2.45, 2.75) is 18.1 Å². The van der Waals surface area contributed by atoms with Crippen LogP contribution in [-0.4, -0.2) is 12.2 Å². The van der Waals surface area contributed by atoms with E-state index in [1.54, 1.807) is 24.9 Å². The van der Waals surface area contributed by atoms with Gasteiger partial charge in [0.2, 0.25) is 0 Å². The van der Waals surface area contributed by atoms with E-state index in [4.69, 9.17) is 15.1 Å². The molecule has 0 aromatic heterocycles. The first kappa shape index (κ1) is 15.4. The summed E-state index contributed by atoms with van der Waals surface area (Å²) in [5, 5.41) is 18.0. The van der Waals surface area contributed by atoms with E-state index in [1.807, 2.05) is 36.4 Å². The summed E-state index contributed by atoms with van der Waals surface area (Å²) >= 11 is 1.77. The Kier molecular flexibility index (Phi) is 5.68. The van der Waals surface area contributed by atoms with Crippen LogP contribution in [0.3, 0.4) is 0 Å². The molecule has 108 valence electrons. The fraction of sp³-hybridized carbons (Fsp3) is 0.235. The first-order valence-electron chi connectivity index (χ1n) is 6.60. The lowest BCUT2D eigenvalue weighted by atomic mass is 10.1. The van der Waals surface area contributed by atoms with E-state index in [9.17, 15) is 0 Å². The average molecular weight is 299 g/mol. The van der Waals surface area contributed by atoms with Gasteiger partial charge in [0.25, 0.3) is 0 Å². The molecule has 0 unspecified atom stereocenters. The zero-order valence-corrected chi connectivity index (χ0v) is 12.7. The van der Waals surface area contributed by atoms with Crippen molar-refractivity contribution in [3.05, 3.63) is 64.7 Å². The number of ether oxygens (including phenoxy) is 1. The summed E-state index contributed by atoms with van der Waals surface area (Å²) in [6.07, 6.45) is 0. The molecule has 0 aliphatic carbocycles. The molecule has 0 atom stereocenters. The zero-order chi connectivity index (χ0) is 15.1. The average Bonchev–Trinajstić information content (AvgIpc) is 2.55. The third-order valence-corrected chi connectivity index (χ3v) is 4.19. The molecule has 0 bridgehead atoms. The van der Waals surface area contributed by atoms with Crippen LogP contribution in [-0.2, 0) is 18.1 Å². The van der Waals surface area contributed by atoms with Crippen LogP contribution < -0.4 is 4.74 Å². The third kappa shape index (κ3) is 4.25. The first-order valence-corrected chi connectivity index (χ1v) is 7.75. The molecule has 3 nitrogen and oxygen atoms in total. The van der Waals surface area contributed by atoms with E-state index in [0.717, 1.165) is 28.4 Å². The topological polar surface area (TPSA) is 53.2 Å². The summed E-state index contributed by atoms with van der Waals surface area (Å²) in [7, 11) is 1.64. The number of thioether (sulfide) groups is 1. The fourth-order valence-corrected chi connectivity index (χ4v) is 2.96. The molecular formula is C17H17NO2S. The molecule has 0 aliphatic heterocycles. The van der Waals surface area contributed by atoms with Crippen molar-refractivity contribution >= 4 is 11.8 Å². The summed E-state index contributed by atoms with van der Waals surface area (Å²) in [5.74, 6) is 2.49. The Morgan fingerprint density at radius 3 is 2.43 bits per heavy atom. The summed E-state index contributed by atoms with van der Waals surface area (Å²) in [6, 6.07) is 15.6. The number of rotatable bonds is 6. The molecule has 2 aromatic carbocycles. The molecule has 0 aliphatic rings. The minimum absolute atomic E-state index is 0.0750. The number of hydrogen-bond donors (Lipinski definition) is 1. The van der Waals surface area contributed by atoms with E-state index in [2.05, 4.69) is 6.07 Å². The molecule has 1 N–H and O–H groups in total. The third-order valence-electron chi connectivity index (χ3n) is 3.14. The van der Waals surface area contributed by atoms with Crippen LogP contribution >= 0.6 is 11.8 Å². The van der Waals surface area contributed by atoms with Gasteiger partial charge in [-0.25, -0.2) is 0 Å². The van der Waals surface area contributed by atoms with E-state index < -0.39 is 0 Å². The Labute approximate surface area is 129 Å². The van der Waals surface area contributed by atoms with Gasteiger partial charge >= 0.3 is 0 Å². The van der Waals surface area contributed by atoms with Crippen LogP contribution in [0.1, 0.15) is 22.3 Å². The number of hydrogen-bond acceptors (Lipinski definition) is 4. The van der Waals surface area contributed by atoms with E-state index in [1.165, 1.54) is 5.56 Å². The van der Waals surface area contributed by atoms with Gasteiger partial charge in [-0.1, -0.05) is 24.3 Å². The summed E-state index contributed by atoms with van der Waals surface area (Å²) in [4.78, 5) is 0. The number of nitrogens with zero attached hydrogens (tertiary/aromatic N) is 1. The normalized spacial score (nSPS) is 10.1. The summed E-state index contributed by atoms with van der Waals surface area (Å²) in [6.45, 7) is 0.0750. The van der Waals surface area contributed by atoms with Gasteiger partial charge in [-0.15, -0.1) is 0 Å². The molecular weight excluding hydrogens is 282 g/mol. The van der Waals surface area contributed by atoms with Crippen LogP contribution in [0.5, 0.6) is 5.75 Å². The number of benzene rings is 2. The Morgan fingerprint density at radius 2 is 1.81 bits per heavy atom. The molecule has 21 heavy (non-hydrogen) atoms. The van der Waals surface area contributed by atoms with E-state index >= 15 is 0 Å². The SMILES string of the molecule is COc1ccc(C#N)cc1CSCc1ccc(CO)cc1. The maximum atomic E-state index is 9.01. The zero-order valence-electron chi connectivity index (χ0n) is 11.9. The highest BCUT2D eigenvalue weighted by atomic mass is 32.2. The summed E-state index contributed by atoms with van der Waals surface area (Å²) < 4.78 is 5.33. The highest BCUT2D eigenvalue weighted by Gasteiger charge is 2.05. The van der Waals surface area contributed by atoms with Gasteiger partial charge in [-0.2, -0.15) is 17.0 Å². The van der Waals surface area contributed by atoms with Gasteiger partial charge in [0, 0.05) is 17.1 Å². The first-order chi connectivity index (χ1) is 10.3. The van der Waals surface area contributed by atoms with Crippen molar-refractivity contribution in [1.29, 1.82) is 5.26 Å². The number of nitriles is 1. The minimum atomic E-state index is 0.0750. The van der Waals surface area contributed by atoms with Crippen LogP contribution in [0.4, 0.5) is 0 Å². The van der Waals surface area contributed by atoms with Gasteiger partial charge in [0.1, 0.15) is 5.75 Å². The second kappa shape index (κ2) is 7.72. The lowest BCUT2D eigenvalue weighted by Gasteiger charge is -2.09. The van der Waals surface area contributed by atoms with Gasteiger partial charge in [0.15, 0.2) is 0 Å². The van der Waals surface area contributed by atoms with Crippen LogP contribution in [0.25, 0.3) is 0 Å². The second-order valence-electron chi connectivity index (χ2n) is 4.61. The van der Waals surface area contributed by atoms with Crippen LogP contribution in [0.15, 0.2) is 42.5 Å². The molecule has 2 aromatic rings. The van der Waals surface area contributed by atoms with E-state index in [0.29, 0.717) is 5.56 Å². The molecule has 0 saturated carbocycles. The minimum Gasteiger partial charge on any atom is -0.496 e. The van der Waals surface area contributed by atoms with Gasteiger partial charge in [0.05, 0.1) is 25.3 Å². The lowest BCUT2D eigenvalue weighted by Crippen LogP contribution is -1.92. The van der Waals surface area contributed by atoms with Crippen molar-refractivity contribution in [2.75, 3.05) is 7.11 Å². The standard InChI is InChI=1S/C17H17NO2S/c1-20-17-7-6-15(9-18)8-16(17)12-21-11-14-4-2-13(10-19)3-5-14/h2-8,19H,10-12H2,1H3. The molecule has 0 radical (unpaired) electrons. The summed E-state index contributed by atoms with van der Waals surface area (Å²) in [5.41, 5.74) is 3.83. The predicted octanol–water partition coefficient (Wildman–Crippen LogP) is 3.49. The van der Waals surface area contributed by atoms with Crippen LogP contribution in [0.2, 0.25) is 0 Å². The quantitative estimate of drug-likeness (QED) is 0.887. The second-order valence-corrected chi connectivity index (χ2v) is 5.59. The Morgan fingerprint density at radius 1 is 1.10 bits per heavy atom. The van der Waals surface area contributed by atoms with Gasteiger partial charge in [-0.05, 0) is 29.3 Å². The van der Waals surface area contributed by atoms with Crippen molar-refractivity contribution < 1.29 is 9.84 Å². The van der Waals surface area contributed by atoms with E-state index in [-0.39, 0.29) is 6.61 Å². The molecule has 2 rings (SSSR count). The van der Waals surface area contributed by atoms with Crippen molar-refractivity contribution in [2.24, 2.45) is 0 Å². The van der Waals surface area contributed by atoms with Crippen molar-refractivity contribution in [3.63, 3.8) is 0 Å². The monoisotopic (exact) mass is 299 g/mol. The fourth-order valence-electron chi connectivity index (χ4n) is 1.98. The number of aliphatic hydroxyl groups is 1. The lowest BCUT2D eigenvalue weighted by molar-refractivity contribution is 0.282. The molecule has 0 spiro atoms. The van der Waals surface area contributed by atoms with Crippen molar-refractivity contribution in [1.82, 2.24) is 0 Å².